The molecular weight excluding hydrogens is 311 g/mol. The lowest BCUT2D eigenvalue weighted by molar-refractivity contribution is -0.385. The number of hydrogen-bond donors (Lipinski definition) is 0. The molecule has 0 aliphatic carbocycles. The van der Waals surface area contributed by atoms with Crippen LogP contribution in [0.5, 0.6) is 0 Å². The minimum atomic E-state index is -0.551. The van der Waals surface area contributed by atoms with Gasteiger partial charge in [-0.05, 0) is 42.5 Å². The van der Waals surface area contributed by atoms with E-state index in [9.17, 15) is 19.3 Å². The minimum Gasteiger partial charge on any atom is -0.288 e. The molecule has 0 unspecified atom stereocenters. The Labute approximate surface area is 137 Å². The first-order valence-electron chi connectivity index (χ1n) is 6.85. The molecule has 6 heteroatoms. The number of halogens is 1. The SMILES string of the molecule is N#C/C(=C\C=C\c1ccccc1[N+](=O)[O-])C(=O)c1ccc(F)cc1. The number of nitro groups is 1. The van der Waals surface area contributed by atoms with Gasteiger partial charge in [-0.25, -0.2) is 4.39 Å². The van der Waals surface area contributed by atoms with Gasteiger partial charge in [0.1, 0.15) is 11.9 Å². The molecule has 0 amide bonds. The Bertz CT molecular complexity index is 878. The number of allylic oxidation sites excluding steroid dienone is 3. The zero-order chi connectivity index (χ0) is 17.5. The molecule has 0 aliphatic heterocycles. The summed E-state index contributed by atoms with van der Waals surface area (Å²) in [5.74, 6) is -1.03. The van der Waals surface area contributed by atoms with E-state index in [1.807, 2.05) is 0 Å². The van der Waals surface area contributed by atoms with Crippen molar-refractivity contribution in [1.29, 1.82) is 5.26 Å². The highest BCUT2D eigenvalue weighted by Crippen LogP contribution is 2.19. The summed E-state index contributed by atoms with van der Waals surface area (Å²) in [4.78, 5) is 22.5. The summed E-state index contributed by atoms with van der Waals surface area (Å²) >= 11 is 0. The van der Waals surface area contributed by atoms with Crippen molar-refractivity contribution in [1.82, 2.24) is 0 Å². The monoisotopic (exact) mass is 322 g/mol. The van der Waals surface area contributed by atoms with Gasteiger partial charge in [-0.3, -0.25) is 14.9 Å². The lowest BCUT2D eigenvalue weighted by Crippen LogP contribution is -2.01. The first-order chi connectivity index (χ1) is 11.5. The van der Waals surface area contributed by atoms with E-state index in [1.165, 1.54) is 36.4 Å². The lowest BCUT2D eigenvalue weighted by atomic mass is 10.0. The molecule has 0 bridgehead atoms. The Hall–Kier alpha value is -3.59. The van der Waals surface area contributed by atoms with E-state index in [4.69, 9.17) is 5.26 Å². The van der Waals surface area contributed by atoms with Crippen LogP contribution in [0.15, 0.2) is 66.3 Å². The second-order valence-corrected chi connectivity index (χ2v) is 4.70. The lowest BCUT2D eigenvalue weighted by Gasteiger charge is -1.98. The number of nitriles is 1. The number of Topliss-reactive ketones (excluding diaryl/α,β-unsaturated/α-hetero) is 1. The van der Waals surface area contributed by atoms with E-state index < -0.39 is 16.5 Å². The van der Waals surface area contributed by atoms with Crippen molar-refractivity contribution in [2.75, 3.05) is 0 Å². The predicted molar refractivity (Wildman–Crippen MR) is 86.6 cm³/mol. The van der Waals surface area contributed by atoms with Gasteiger partial charge in [0, 0.05) is 11.6 Å². The molecule has 0 aromatic heterocycles. The second-order valence-electron chi connectivity index (χ2n) is 4.70. The van der Waals surface area contributed by atoms with Gasteiger partial charge in [0.25, 0.3) is 5.69 Å². The van der Waals surface area contributed by atoms with E-state index >= 15 is 0 Å². The first kappa shape index (κ1) is 16.8. The maximum absolute atomic E-state index is 12.9. The summed E-state index contributed by atoms with van der Waals surface area (Å²) in [5.41, 5.74) is 0.301. The summed E-state index contributed by atoms with van der Waals surface area (Å²) in [6.45, 7) is 0. The highest BCUT2D eigenvalue weighted by molar-refractivity contribution is 6.11. The van der Waals surface area contributed by atoms with Crippen molar-refractivity contribution in [2.24, 2.45) is 0 Å². The van der Waals surface area contributed by atoms with Crippen LogP contribution < -0.4 is 0 Å². The van der Waals surface area contributed by atoms with Gasteiger partial charge in [0.2, 0.25) is 5.78 Å². The molecule has 24 heavy (non-hydrogen) atoms. The van der Waals surface area contributed by atoms with Crippen LogP contribution in [-0.2, 0) is 0 Å². The fourth-order valence-electron chi connectivity index (χ4n) is 1.96. The molecule has 0 saturated heterocycles. The topological polar surface area (TPSA) is 84.0 Å². The number of para-hydroxylation sites is 1. The van der Waals surface area contributed by atoms with Crippen molar-refractivity contribution < 1.29 is 14.1 Å². The number of rotatable bonds is 5. The molecule has 118 valence electrons. The Morgan fingerprint density at radius 3 is 2.46 bits per heavy atom. The van der Waals surface area contributed by atoms with E-state index in [2.05, 4.69) is 0 Å². The van der Waals surface area contributed by atoms with Crippen molar-refractivity contribution in [3.63, 3.8) is 0 Å². The number of hydrogen-bond acceptors (Lipinski definition) is 4. The zero-order valence-electron chi connectivity index (χ0n) is 12.3. The normalized spacial score (nSPS) is 11.2. The highest BCUT2D eigenvalue weighted by Gasteiger charge is 2.12. The third kappa shape index (κ3) is 3.99. The van der Waals surface area contributed by atoms with Crippen molar-refractivity contribution in [2.45, 2.75) is 0 Å². The van der Waals surface area contributed by atoms with Crippen molar-refractivity contribution in [3.8, 4) is 6.07 Å². The molecule has 0 N–H and O–H groups in total. The maximum atomic E-state index is 12.9. The Morgan fingerprint density at radius 2 is 1.83 bits per heavy atom. The molecule has 0 saturated carbocycles. The Kier molecular flexibility index (Phi) is 5.32. The molecule has 0 radical (unpaired) electrons. The smallest absolute Gasteiger partial charge is 0.276 e. The number of carbonyl (C=O) groups is 1. The fourth-order valence-corrected chi connectivity index (χ4v) is 1.96. The molecule has 2 aromatic carbocycles. The molecule has 0 spiro atoms. The molecular formula is C18H11FN2O3. The number of nitrogens with zero attached hydrogens (tertiary/aromatic N) is 2. The molecule has 0 atom stereocenters. The average Bonchev–Trinajstić information content (AvgIpc) is 2.59. The van der Waals surface area contributed by atoms with Gasteiger partial charge >= 0.3 is 0 Å². The molecule has 0 fully saturated rings. The van der Waals surface area contributed by atoms with Crippen LogP contribution in [0, 0.1) is 27.3 Å². The fraction of sp³-hybridized carbons (Fsp3) is 0. The quantitative estimate of drug-likeness (QED) is 0.207. The third-order valence-electron chi connectivity index (χ3n) is 3.14. The average molecular weight is 322 g/mol. The standard InChI is InChI=1S/C18H11FN2O3/c19-16-10-8-14(9-11-16)18(22)15(12-20)6-3-5-13-4-1-2-7-17(13)21(23)24/h1-11H/b5-3+,15-6+. The van der Waals surface area contributed by atoms with E-state index in [0.717, 1.165) is 12.1 Å². The summed E-state index contributed by atoms with van der Waals surface area (Å²) in [6.07, 6.45) is 4.10. The van der Waals surface area contributed by atoms with Crippen LogP contribution in [0.3, 0.4) is 0 Å². The predicted octanol–water partition coefficient (Wildman–Crippen LogP) is 4.08. The summed E-state index contributed by atoms with van der Waals surface area (Å²) < 4.78 is 12.9. The van der Waals surface area contributed by atoms with Crippen LogP contribution in [0.2, 0.25) is 0 Å². The number of carbonyl (C=O) groups excluding carboxylic acids is 1. The van der Waals surface area contributed by atoms with Crippen molar-refractivity contribution >= 4 is 17.5 Å². The Morgan fingerprint density at radius 1 is 1.17 bits per heavy atom. The van der Waals surface area contributed by atoms with Gasteiger partial charge in [0.15, 0.2) is 0 Å². The number of nitro benzene ring substituents is 1. The minimum absolute atomic E-state index is 0.0782. The Balaban J connectivity index is 2.26. The van der Waals surface area contributed by atoms with E-state index in [1.54, 1.807) is 24.3 Å². The zero-order valence-corrected chi connectivity index (χ0v) is 12.3. The van der Waals surface area contributed by atoms with Gasteiger partial charge in [-0.2, -0.15) is 5.26 Å². The molecule has 2 aromatic rings. The molecule has 0 aliphatic rings. The van der Waals surface area contributed by atoms with Crippen LogP contribution >= 0.6 is 0 Å². The van der Waals surface area contributed by atoms with E-state index in [-0.39, 0.29) is 16.8 Å². The van der Waals surface area contributed by atoms with Gasteiger partial charge in [0.05, 0.1) is 16.1 Å². The van der Waals surface area contributed by atoms with Gasteiger partial charge < -0.3 is 0 Å². The van der Waals surface area contributed by atoms with Gasteiger partial charge in [-0.1, -0.05) is 18.2 Å². The molecule has 2 rings (SSSR count). The van der Waals surface area contributed by atoms with Crippen LogP contribution in [-0.4, -0.2) is 10.7 Å². The first-order valence-corrected chi connectivity index (χ1v) is 6.85. The van der Waals surface area contributed by atoms with Crippen LogP contribution in [0.25, 0.3) is 6.08 Å². The largest absolute Gasteiger partial charge is 0.288 e. The van der Waals surface area contributed by atoms with Crippen LogP contribution in [0.1, 0.15) is 15.9 Å². The summed E-state index contributed by atoms with van der Waals surface area (Å²) in [6, 6.07) is 12.7. The van der Waals surface area contributed by atoms with Crippen LogP contribution in [0.4, 0.5) is 10.1 Å². The third-order valence-corrected chi connectivity index (χ3v) is 3.14. The van der Waals surface area contributed by atoms with E-state index in [0.29, 0.717) is 5.56 Å². The summed E-state index contributed by atoms with van der Waals surface area (Å²) in [5, 5.41) is 20.0. The molecule has 5 nitrogen and oxygen atoms in total. The van der Waals surface area contributed by atoms with Gasteiger partial charge in [-0.15, -0.1) is 0 Å². The number of ketones is 1. The summed E-state index contributed by atoms with van der Waals surface area (Å²) in [7, 11) is 0. The maximum Gasteiger partial charge on any atom is 0.276 e. The highest BCUT2D eigenvalue weighted by atomic mass is 19.1. The number of benzene rings is 2. The second kappa shape index (κ2) is 7.61. The molecule has 0 heterocycles. The van der Waals surface area contributed by atoms with Crippen molar-refractivity contribution in [3.05, 3.63) is 93.3 Å².